The van der Waals surface area contributed by atoms with Crippen molar-refractivity contribution in [2.24, 2.45) is 5.92 Å². The molecule has 3 unspecified atom stereocenters. The number of benzene rings is 1. The normalized spacial score (nSPS) is 31.2. The molecule has 4 nitrogen and oxygen atoms in total. The standard InChI is InChI=1S/C18H27NO3/c1-12-6-5-9-19(11-12)17-16(20)14-8-7-13(21-4)10-15(14)22-18(17,2)3/h7-8,10,12,16-17,20H,5-6,9,11H2,1-4H3. The van der Waals surface area contributed by atoms with Crippen LogP contribution in [0.25, 0.3) is 0 Å². The molecule has 0 bridgehead atoms. The van der Waals surface area contributed by atoms with Gasteiger partial charge in [0.15, 0.2) is 0 Å². The molecule has 1 saturated heterocycles. The van der Waals surface area contributed by atoms with Crippen molar-refractivity contribution >= 4 is 0 Å². The van der Waals surface area contributed by atoms with E-state index in [2.05, 4.69) is 25.7 Å². The average Bonchev–Trinajstić information content (AvgIpc) is 2.45. The number of aliphatic hydroxyl groups is 1. The van der Waals surface area contributed by atoms with Gasteiger partial charge >= 0.3 is 0 Å². The number of aliphatic hydroxyl groups excluding tert-OH is 1. The number of piperidine rings is 1. The first-order valence-corrected chi connectivity index (χ1v) is 8.21. The van der Waals surface area contributed by atoms with Crippen molar-refractivity contribution in [1.29, 1.82) is 0 Å². The minimum absolute atomic E-state index is 0.0175. The van der Waals surface area contributed by atoms with Gasteiger partial charge in [0.05, 0.1) is 13.2 Å². The number of nitrogens with zero attached hydrogens (tertiary/aromatic N) is 1. The van der Waals surface area contributed by atoms with Crippen LogP contribution in [0.15, 0.2) is 18.2 Å². The molecule has 1 aromatic carbocycles. The Labute approximate surface area is 133 Å². The van der Waals surface area contributed by atoms with Crippen LogP contribution in [0.3, 0.4) is 0 Å². The summed E-state index contributed by atoms with van der Waals surface area (Å²) in [5.41, 5.74) is 0.430. The monoisotopic (exact) mass is 305 g/mol. The van der Waals surface area contributed by atoms with Gasteiger partial charge in [-0.05, 0) is 51.3 Å². The zero-order valence-corrected chi connectivity index (χ0v) is 14.0. The Hall–Kier alpha value is -1.26. The molecule has 0 spiro atoms. The first-order chi connectivity index (χ1) is 10.4. The third kappa shape index (κ3) is 2.70. The molecule has 4 heteroatoms. The van der Waals surface area contributed by atoms with Gasteiger partial charge in [-0.2, -0.15) is 0 Å². The second-order valence-electron chi connectivity index (χ2n) is 7.24. The van der Waals surface area contributed by atoms with E-state index in [1.807, 2.05) is 18.2 Å². The van der Waals surface area contributed by atoms with Gasteiger partial charge in [-0.15, -0.1) is 0 Å². The molecular formula is C18H27NO3. The van der Waals surface area contributed by atoms with Crippen molar-refractivity contribution in [2.75, 3.05) is 20.2 Å². The highest BCUT2D eigenvalue weighted by Gasteiger charge is 2.47. The summed E-state index contributed by atoms with van der Waals surface area (Å²) in [6.07, 6.45) is 1.93. The van der Waals surface area contributed by atoms with E-state index in [0.29, 0.717) is 5.92 Å². The molecule has 122 valence electrons. The van der Waals surface area contributed by atoms with Crippen molar-refractivity contribution in [3.05, 3.63) is 23.8 Å². The van der Waals surface area contributed by atoms with Gasteiger partial charge in [-0.1, -0.05) is 6.92 Å². The van der Waals surface area contributed by atoms with Crippen LogP contribution in [0.2, 0.25) is 0 Å². The van der Waals surface area contributed by atoms with Gasteiger partial charge in [-0.25, -0.2) is 0 Å². The van der Waals surface area contributed by atoms with Crippen molar-refractivity contribution in [1.82, 2.24) is 4.90 Å². The minimum atomic E-state index is -0.532. The zero-order chi connectivity index (χ0) is 15.9. The van der Waals surface area contributed by atoms with Gasteiger partial charge in [0, 0.05) is 18.2 Å². The maximum Gasteiger partial charge on any atom is 0.129 e. The van der Waals surface area contributed by atoms with Crippen LogP contribution in [0.5, 0.6) is 11.5 Å². The lowest BCUT2D eigenvalue weighted by Gasteiger charge is -2.50. The van der Waals surface area contributed by atoms with E-state index in [1.165, 1.54) is 12.8 Å². The van der Waals surface area contributed by atoms with Gasteiger partial charge in [0.2, 0.25) is 0 Å². The molecule has 0 radical (unpaired) electrons. The van der Waals surface area contributed by atoms with Crippen LogP contribution in [0.4, 0.5) is 0 Å². The number of rotatable bonds is 2. The third-order valence-electron chi connectivity index (χ3n) is 5.01. The van der Waals surface area contributed by atoms with Crippen LogP contribution in [0.1, 0.15) is 45.3 Å². The van der Waals surface area contributed by atoms with E-state index in [9.17, 15) is 5.11 Å². The molecular weight excluding hydrogens is 278 g/mol. The fourth-order valence-electron chi connectivity index (χ4n) is 3.99. The van der Waals surface area contributed by atoms with E-state index < -0.39 is 11.7 Å². The van der Waals surface area contributed by atoms with E-state index in [-0.39, 0.29) is 6.04 Å². The Bertz CT molecular complexity index is 543. The summed E-state index contributed by atoms with van der Waals surface area (Å²) in [5, 5.41) is 11.0. The lowest BCUT2D eigenvalue weighted by molar-refractivity contribution is -0.0920. The first kappa shape index (κ1) is 15.6. The highest BCUT2D eigenvalue weighted by molar-refractivity contribution is 5.45. The molecule has 0 saturated carbocycles. The van der Waals surface area contributed by atoms with Gasteiger partial charge in [0.1, 0.15) is 23.2 Å². The van der Waals surface area contributed by atoms with Gasteiger partial charge in [-0.3, -0.25) is 4.90 Å². The second-order valence-corrected chi connectivity index (χ2v) is 7.24. The summed E-state index contributed by atoms with van der Waals surface area (Å²) >= 11 is 0. The third-order valence-corrected chi connectivity index (χ3v) is 5.01. The number of methoxy groups -OCH3 is 1. The van der Waals surface area contributed by atoms with Crippen LogP contribution < -0.4 is 9.47 Å². The number of fused-ring (bicyclic) bond motifs is 1. The second kappa shape index (κ2) is 5.74. The fourth-order valence-corrected chi connectivity index (χ4v) is 3.99. The van der Waals surface area contributed by atoms with Crippen LogP contribution in [-0.4, -0.2) is 41.8 Å². The van der Waals surface area contributed by atoms with Crippen LogP contribution in [-0.2, 0) is 0 Å². The lowest BCUT2D eigenvalue weighted by Crippen LogP contribution is -2.59. The molecule has 22 heavy (non-hydrogen) atoms. The molecule has 2 aliphatic rings. The molecule has 1 aromatic rings. The molecule has 0 aromatic heterocycles. The lowest BCUT2D eigenvalue weighted by atomic mass is 9.83. The minimum Gasteiger partial charge on any atom is -0.497 e. The van der Waals surface area contributed by atoms with Crippen molar-refractivity contribution in [2.45, 2.75) is 51.4 Å². The van der Waals surface area contributed by atoms with Crippen LogP contribution in [0, 0.1) is 5.92 Å². The van der Waals surface area contributed by atoms with Crippen molar-refractivity contribution in [3.8, 4) is 11.5 Å². The number of hydrogen-bond acceptors (Lipinski definition) is 4. The molecule has 2 aliphatic heterocycles. The van der Waals surface area contributed by atoms with Crippen molar-refractivity contribution < 1.29 is 14.6 Å². The van der Waals surface area contributed by atoms with Crippen LogP contribution >= 0.6 is 0 Å². The summed E-state index contributed by atoms with van der Waals surface area (Å²) in [7, 11) is 1.64. The number of ether oxygens (including phenoxy) is 2. The quantitative estimate of drug-likeness (QED) is 0.912. The molecule has 1 fully saturated rings. The summed E-state index contributed by atoms with van der Waals surface area (Å²) in [5.74, 6) is 2.17. The summed E-state index contributed by atoms with van der Waals surface area (Å²) in [4.78, 5) is 2.41. The Balaban J connectivity index is 1.94. The van der Waals surface area contributed by atoms with E-state index in [0.717, 1.165) is 30.2 Å². The van der Waals surface area contributed by atoms with E-state index in [1.54, 1.807) is 7.11 Å². The molecule has 2 heterocycles. The van der Waals surface area contributed by atoms with Gasteiger partial charge < -0.3 is 14.6 Å². The zero-order valence-electron chi connectivity index (χ0n) is 14.0. The average molecular weight is 305 g/mol. The summed E-state index contributed by atoms with van der Waals surface area (Å²) in [6.45, 7) is 8.49. The predicted molar refractivity (Wildman–Crippen MR) is 86.4 cm³/mol. The highest BCUT2D eigenvalue weighted by atomic mass is 16.5. The highest BCUT2D eigenvalue weighted by Crippen LogP contribution is 2.44. The number of hydrogen-bond donors (Lipinski definition) is 1. The number of likely N-dealkylation sites (tertiary alicyclic amines) is 1. The SMILES string of the molecule is COc1ccc2c(c1)OC(C)(C)C(N1CCCC(C)C1)C2O. The molecule has 3 rings (SSSR count). The van der Waals surface area contributed by atoms with E-state index >= 15 is 0 Å². The molecule has 0 aliphatic carbocycles. The molecule has 3 atom stereocenters. The first-order valence-electron chi connectivity index (χ1n) is 8.21. The maximum absolute atomic E-state index is 11.0. The Kier molecular flexibility index (Phi) is 4.08. The molecule has 1 N–H and O–H groups in total. The fraction of sp³-hybridized carbons (Fsp3) is 0.667. The van der Waals surface area contributed by atoms with Crippen molar-refractivity contribution in [3.63, 3.8) is 0 Å². The Morgan fingerprint density at radius 2 is 2.14 bits per heavy atom. The maximum atomic E-state index is 11.0. The Morgan fingerprint density at radius 3 is 2.82 bits per heavy atom. The summed E-state index contributed by atoms with van der Waals surface area (Å²) in [6, 6.07) is 5.67. The van der Waals surface area contributed by atoms with E-state index in [4.69, 9.17) is 9.47 Å². The predicted octanol–water partition coefficient (Wildman–Crippen LogP) is 3.00. The molecule has 0 amide bonds. The largest absolute Gasteiger partial charge is 0.497 e. The summed E-state index contributed by atoms with van der Waals surface area (Å²) < 4.78 is 11.5. The topological polar surface area (TPSA) is 41.9 Å². The smallest absolute Gasteiger partial charge is 0.129 e. The van der Waals surface area contributed by atoms with Gasteiger partial charge in [0.25, 0.3) is 0 Å². The Morgan fingerprint density at radius 1 is 1.36 bits per heavy atom.